The summed E-state index contributed by atoms with van der Waals surface area (Å²) in [5, 5.41) is 3.06. The number of sulfonamides is 1. The first-order valence-corrected chi connectivity index (χ1v) is 11.2. The molecule has 1 heterocycles. The van der Waals surface area contributed by atoms with Crippen LogP contribution in [0.2, 0.25) is 0 Å². The highest BCUT2D eigenvalue weighted by Gasteiger charge is 2.30. The molecule has 1 aliphatic rings. The molecule has 1 amide bonds. The van der Waals surface area contributed by atoms with Crippen LogP contribution in [0.1, 0.15) is 36.0 Å². The Morgan fingerprint density at radius 1 is 1.07 bits per heavy atom. The van der Waals surface area contributed by atoms with Gasteiger partial charge in [-0.2, -0.15) is 4.31 Å². The average Bonchev–Trinajstić information content (AvgIpc) is 2.69. The molecule has 2 aromatic rings. The highest BCUT2D eigenvalue weighted by Crippen LogP contribution is 2.24. The fourth-order valence-electron chi connectivity index (χ4n) is 3.57. The number of amides is 1. The zero-order chi connectivity index (χ0) is 20.1. The molecule has 0 aliphatic carbocycles. The molecule has 0 atom stereocenters. The molecule has 0 aromatic heterocycles. The monoisotopic (exact) mass is 400 g/mol. The van der Waals surface area contributed by atoms with Gasteiger partial charge in [0.05, 0.1) is 4.90 Å². The SMILES string of the molecule is Cc1ccc(C)c(S(=O)(=O)N2CCC(NC(=O)CCc3ccccc3)CC2)c1. The van der Waals surface area contributed by atoms with Crippen molar-refractivity contribution in [3.63, 3.8) is 0 Å². The van der Waals surface area contributed by atoms with Crippen molar-refractivity contribution in [2.45, 2.75) is 50.5 Å². The molecule has 150 valence electrons. The van der Waals surface area contributed by atoms with Gasteiger partial charge in [-0.15, -0.1) is 0 Å². The molecule has 3 rings (SSSR count). The van der Waals surface area contributed by atoms with Crippen molar-refractivity contribution in [2.75, 3.05) is 13.1 Å². The molecule has 6 heteroatoms. The van der Waals surface area contributed by atoms with E-state index in [1.807, 2.05) is 56.3 Å². The first kappa shape index (κ1) is 20.6. The molecule has 0 radical (unpaired) electrons. The number of aryl methyl sites for hydroxylation is 3. The van der Waals surface area contributed by atoms with Crippen LogP contribution in [0.15, 0.2) is 53.4 Å². The summed E-state index contributed by atoms with van der Waals surface area (Å²) in [7, 11) is -3.49. The second-order valence-electron chi connectivity index (χ2n) is 7.50. The van der Waals surface area contributed by atoms with Crippen molar-refractivity contribution in [3.05, 3.63) is 65.2 Å². The van der Waals surface area contributed by atoms with E-state index in [-0.39, 0.29) is 11.9 Å². The third-order valence-corrected chi connectivity index (χ3v) is 7.30. The molecule has 1 saturated heterocycles. The predicted molar refractivity (Wildman–Crippen MR) is 111 cm³/mol. The molecule has 0 unspecified atom stereocenters. The van der Waals surface area contributed by atoms with Crippen LogP contribution in [0.5, 0.6) is 0 Å². The zero-order valence-electron chi connectivity index (χ0n) is 16.5. The van der Waals surface area contributed by atoms with E-state index >= 15 is 0 Å². The lowest BCUT2D eigenvalue weighted by molar-refractivity contribution is -0.122. The average molecular weight is 401 g/mol. The lowest BCUT2D eigenvalue weighted by atomic mass is 10.1. The summed E-state index contributed by atoms with van der Waals surface area (Å²) >= 11 is 0. The van der Waals surface area contributed by atoms with Gasteiger partial charge in [-0.25, -0.2) is 8.42 Å². The molecular weight excluding hydrogens is 372 g/mol. The maximum Gasteiger partial charge on any atom is 0.243 e. The lowest BCUT2D eigenvalue weighted by Gasteiger charge is -2.32. The molecule has 0 bridgehead atoms. The topological polar surface area (TPSA) is 66.5 Å². The Labute approximate surface area is 167 Å². The summed E-state index contributed by atoms with van der Waals surface area (Å²) in [6.07, 6.45) is 2.44. The molecule has 1 N–H and O–H groups in total. The van der Waals surface area contributed by atoms with Crippen LogP contribution < -0.4 is 5.32 Å². The Bertz CT molecular complexity index is 918. The number of piperidine rings is 1. The van der Waals surface area contributed by atoms with E-state index in [1.165, 1.54) is 0 Å². The van der Waals surface area contributed by atoms with E-state index < -0.39 is 10.0 Å². The van der Waals surface area contributed by atoms with Gasteiger partial charge in [0.25, 0.3) is 0 Å². The van der Waals surface area contributed by atoms with E-state index in [1.54, 1.807) is 10.4 Å². The summed E-state index contributed by atoms with van der Waals surface area (Å²) in [5.74, 6) is 0.0275. The smallest absolute Gasteiger partial charge is 0.243 e. The summed E-state index contributed by atoms with van der Waals surface area (Å²) in [4.78, 5) is 12.6. The van der Waals surface area contributed by atoms with Crippen LogP contribution in [-0.2, 0) is 21.2 Å². The lowest BCUT2D eigenvalue weighted by Crippen LogP contribution is -2.46. The highest BCUT2D eigenvalue weighted by molar-refractivity contribution is 7.89. The van der Waals surface area contributed by atoms with Crippen LogP contribution in [-0.4, -0.2) is 37.8 Å². The van der Waals surface area contributed by atoms with Crippen molar-refractivity contribution in [2.24, 2.45) is 0 Å². The summed E-state index contributed by atoms with van der Waals surface area (Å²) < 4.78 is 27.5. The number of rotatable bonds is 6. The van der Waals surface area contributed by atoms with Crippen molar-refractivity contribution >= 4 is 15.9 Å². The maximum atomic E-state index is 13.0. The van der Waals surface area contributed by atoms with Crippen LogP contribution in [0.25, 0.3) is 0 Å². The number of nitrogens with one attached hydrogen (secondary N) is 1. The van der Waals surface area contributed by atoms with Crippen LogP contribution in [0.4, 0.5) is 0 Å². The number of nitrogens with zero attached hydrogens (tertiary/aromatic N) is 1. The first-order valence-electron chi connectivity index (χ1n) is 9.77. The molecule has 2 aromatic carbocycles. The van der Waals surface area contributed by atoms with E-state index in [4.69, 9.17) is 0 Å². The number of carbonyl (C=O) groups is 1. The second kappa shape index (κ2) is 8.88. The standard InChI is InChI=1S/C22H28N2O3S/c1-17-8-9-18(2)21(16-17)28(26,27)24-14-12-20(13-15-24)23-22(25)11-10-19-6-4-3-5-7-19/h3-9,16,20H,10-15H2,1-2H3,(H,23,25). The Morgan fingerprint density at radius 2 is 1.75 bits per heavy atom. The molecule has 1 aliphatic heterocycles. The quantitative estimate of drug-likeness (QED) is 0.810. The van der Waals surface area contributed by atoms with E-state index in [0.29, 0.717) is 43.7 Å². The fourth-order valence-corrected chi connectivity index (χ4v) is 5.35. The minimum atomic E-state index is -3.49. The zero-order valence-corrected chi connectivity index (χ0v) is 17.3. The minimum absolute atomic E-state index is 0.0275. The van der Waals surface area contributed by atoms with E-state index in [9.17, 15) is 13.2 Å². The van der Waals surface area contributed by atoms with Crippen molar-refractivity contribution in [1.29, 1.82) is 0 Å². The van der Waals surface area contributed by atoms with Gasteiger partial charge in [-0.1, -0.05) is 42.5 Å². The Balaban J connectivity index is 1.52. The van der Waals surface area contributed by atoms with Gasteiger partial charge in [-0.05, 0) is 55.9 Å². The van der Waals surface area contributed by atoms with Gasteiger partial charge in [0.2, 0.25) is 15.9 Å². The van der Waals surface area contributed by atoms with Gasteiger partial charge in [0.15, 0.2) is 0 Å². The van der Waals surface area contributed by atoms with Gasteiger partial charge >= 0.3 is 0 Å². The van der Waals surface area contributed by atoms with Crippen LogP contribution in [0, 0.1) is 13.8 Å². The molecular formula is C22H28N2O3S. The van der Waals surface area contributed by atoms with Gasteiger partial charge in [0, 0.05) is 25.6 Å². The maximum absolute atomic E-state index is 13.0. The number of benzene rings is 2. The largest absolute Gasteiger partial charge is 0.353 e. The summed E-state index contributed by atoms with van der Waals surface area (Å²) in [6, 6.07) is 15.5. The minimum Gasteiger partial charge on any atom is -0.353 e. The molecule has 28 heavy (non-hydrogen) atoms. The van der Waals surface area contributed by atoms with Crippen molar-refractivity contribution in [1.82, 2.24) is 9.62 Å². The first-order chi connectivity index (χ1) is 13.4. The van der Waals surface area contributed by atoms with Gasteiger partial charge in [-0.3, -0.25) is 4.79 Å². The predicted octanol–water partition coefficient (Wildman–Crippen LogP) is 3.21. The van der Waals surface area contributed by atoms with Gasteiger partial charge in [0.1, 0.15) is 0 Å². The van der Waals surface area contributed by atoms with Crippen molar-refractivity contribution < 1.29 is 13.2 Å². The fraction of sp³-hybridized carbons (Fsp3) is 0.409. The summed E-state index contributed by atoms with van der Waals surface area (Å²) in [6.45, 7) is 4.58. The third kappa shape index (κ3) is 5.00. The van der Waals surface area contributed by atoms with Gasteiger partial charge < -0.3 is 5.32 Å². The second-order valence-corrected chi connectivity index (χ2v) is 9.41. The molecule has 5 nitrogen and oxygen atoms in total. The Kier molecular flexibility index (Phi) is 6.52. The van der Waals surface area contributed by atoms with Crippen LogP contribution in [0.3, 0.4) is 0 Å². The number of carbonyl (C=O) groups excluding carboxylic acids is 1. The normalized spacial score (nSPS) is 16.1. The number of hydrogen-bond acceptors (Lipinski definition) is 3. The summed E-state index contributed by atoms with van der Waals surface area (Å²) in [5.41, 5.74) is 2.85. The third-order valence-electron chi connectivity index (χ3n) is 5.26. The Morgan fingerprint density at radius 3 is 2.43 bits per heavy atom. The Hall–Kier alpha value is -2.18. The van der Waals surface area contributed by atoms with Crippen molar-refractivity contribution in [3.8, 4) is 0 Å². The number of hydrogen-bond donors (Lipinski definition) is 1. The molecule has 1 fully saturated rings. The van der Waals surface area contributed by atoms with Crippen LogP contribution >= 0.6 is 0 Å². The van der Waals surface area contributed by atoms with E-state index in [2.05, 4.69) is 5.32 Å². The van der Waals surface area contributed by atoms with E-state index in [0.717, 1.165) is 16.7 Å². The molecule has 0 saturated carbocycles. The highest BCUT2D eigenvalue weighted by atomic mass is 32.2. The molecule has 0 spiro atoms.